The molecule has 0 unspecified atom stereocenters. The second-order valence-corrected chi connectivity index (χ2v) is 8.59. The Bertz CT molecular complexity index is 1200. The van der Waals surface area contributed by atoms with E-state index in [9.17, 15) is 18.0 Å². The molecule has 3 aromatic rings. The monoisotopic (exact) mass is 453 g/mol. The lowest BCUT2D eigenvalue weighted by Crippen LogP contribution is -2.34. The number of hydrogen-bond donors (Lipinski definition) is 2. The fraction of sp³-hybridized carbons (Fsp3) is 0.130. The van der Waals surface area contributed by atoms with Gasteiger partial charge in [-0.2, -0.15) is 0 Å². The van der Waals surface area contributed by atoms with Gasteiger partial charge in [0.25, 0.3) is 15.9 Å². The number of anilines is 2. The lowest BCUT2D eigenvalue weighted by Gasteiger charge is -2.17. The summed E-state index contributed by atoms with van der Waals surface area (Å²) >= 11 is 0. The molecule has 0 saturated carbocycles. The van der Waals surface area contributed by atoms with E-state index in [1.807, 2.05) is 6.07 Å². The van der Waals surface area contributed by atoms with Crippen molar-refractivity contribution in [3.05, 3.63) is 84.4 Å². The topological polar surface area (TPSA) is 105 Å². The van der Waals surface area contributed by atoms with E-state index >= 15 is 0 Å². The first-order valence-corrected chi connectivity index (χ1v) is 11.1. The van der Waals surface area contributed by atoms with Gasteiger partial charge in [0.1, 0.15) is 5.75 Å². The molecule has 0 radical (unpaired) electrons. The molecule has 0 spiro atoms. The van der Waals surface area contributed by atoms with E-state index in [-0.39, 0.29) is 22.9 Å². The molecule has 0 fully saturated rings. The van der Waals surface area contributed by atoms with E-state index < -0.39 is 15.9 Å². The maximum atomic E-state index is 12.7. The zero-order chi connectivity index (χ0) is 23.1. The Balaban J connectivity index is 1.66. The Morgan fingerprint density at radius 2 is 1.53 bits per heavy atom. The average Bonchev–Trinajstić information content (AvgIpc) is 2.79. The van der Waals surface area contributed by atoms with Crippen molar-refractivity contribution in [3.63, 3.8) is 0 Å². The van der Waals surface area contributed by atoms with Gasteiger partial charge in [0, 0.05) is 18.3 Å². The molecule has 0 aliphatic carbocycles. The first-order chi connectivity index (χ1) is 15.3. The molecular weight excluding hydrogens is 430 g/mol. The van der Waals surface area contributed by atoms with E-state index in [0.29, 0.717) is 17.1 Å². The van der Waals surface area contributed by atoms with Crippen LogP contribution in [0.5, 0.6) is 5.75 Å². The predicted octanol–water partition coefficient (Wildman–Crippen LogP) is 3.21. The molecule has 8 nitrogen and oxygen atoms in total. The number of hydrogen-bond acceptors (Lipinski definition) is 5. The van der Waals surface area contributed by atoms with E-state index in [4.69, 9.17) is 4.74 Å². The molecule has 0 atom stereocenters. The van der Waals surface area contributed by atoms with Gasteiger partial charge in [0.15, 0.2) is 0 Å². The third-order valence-corrected chi connectivity index (χ3v) is 5.93. The largest absolute Gasteiger partial charge is 0.495 e. The van der Waals surface area contributed by atoms with Crippen LogP contribution < -0.4 is 14.8 Å². The van der Waals surface area contributed by atoms with Crippen molar-refractivity contribution < 1.29 is 22.7 Å². The van der Waals surface area contributed by atoms with E-state index in [0.717, 1.165) is 0 Å². The van der Waals surface area contributed by atoms with Crippen molar-refractivity contribution in [2.75, 3.05) is 30.7 Å². The number of carbonyl (C=O) groups excluding carboxylic acids is 2. The summed E-state index contributed by atoms with van der Waals surface area (Å²) in [4.78, 5) is 26.0. The molecule has 0 aliphatic rings. The highest BCUT2D eigenvalue weighted by Crippen LogP contribution is 2.26. The molecule has 32 heavy (non-hydrogen) atoms. The van der Waals surface area contributed by atoms with Crippen LogP contribution in [-0.2, 0) is 14.8 Å². The van der Waals surface area contributed by atoms with Crippen LogP contribution in [0.15, 0.2) is 83.8 Å². The molecule has 3 aromatic carbocycles. The normalized spacial score (nSPS) is 10.8. The Kier molecular flexibility index (Phi) is 7.11. The standard InChI is InChI=1S/C23H23N3O5S/c1-26(16-22(27)24-18-8-4-3-5-9-18)23(28)17-12-14-19(15-13-17)32(29,30)25-20-10-6-7-11-21(20)31-2/h3-15,25H,16H2,1-2H3,(H,24,27). The molecule has 0 aromatic heterocycles. The molecule has 166 valence electrons. The summed E-state index contributed by atoms with van der Waals surface area (Å²) in [5, 5.41) is 2.71. The van der Waals surface area contributed by atoms with Crippen LogP contribution in [0.25, 0.3) is 0 Å². The summed E-state index contributed by atoms with van der Waals surface area (Å²) in [5.74, 6) is -0.361. The number of ether oxygens (including phenoxy) is 1. The lowest BCUT2D eigenvalue weighted by atomic mass is 10.2. The van der Waals surface area contributed by atoms with Gasteiger partial charge in [0.05, 0.1) is 24.2 Å². The quantitative estimate of drug-likeness (QED) is 0.545. The van der Waals surface area contributed by atoms with Crippen LogP contribution in [0.2, 0.25) is 0 Å². The van der Waals surface area contributed by atoms with E-state index in [1.165, 1.54) is 43.3 Å². The van der Waals surface area contributed by atoms with Crippen LogP contribution in [0, 0.1) is 0 Å². The molecular formula is C23H23N3O5S. The molecule has 2 N–H and O–H groups in total. The highest BCUT2D eigenvalue weighted by atomic mass is 32.2. The zero-order valence-electron chi connectivity index (χ0n) is 17.6. The lowest BCUT2D eigenvalue weighted by molar-refractivity contribution is -0.116. The van der Waals surface area contributed by atoms with E-state index in [1.54, 1.807) is 48.5 Å². The van der Waals surface area contributed by atoms with Crippen molar-refractivity contribution in [3.8, 4) is 5.75 Å². The minimum atomic E-state index is -3.88. The number of nitrogens with zero attached hydrogens (tertiary/aromatic N) is 1. The summed E-state index contributed by atoms with van der Waals surface area (Å²) in [5.41, 5.74) is 1.20. The molecule has 2 amide bonds. The highest BCUT2D eigenvalue weighted by molar-refractivity contribution is 7.92. The third-order valence-electron chi connectivity index (χ3n) is 4.55. The third kappa shape index (κ3) is 5.64. The van der Waals surface area contributed by atoms with Crippen LogP contribution in [0.3, 0.4) is 0 Å². The molecule has 0 bridgehead atoms. The summed E-state index contributed by atoms with van der Waals surface area (Å²) in [6, 6.07) is 21.1. The number of para-hydroxylation sites is 3. The van der Waals surface area contributed by atoms with E-state index in [2.05, 4.69) is 10.0 Å². The van der Waals surface area contributed by atoms with Crippen molar-refractivity contribution in [1.29, 1.82) is 0 Å². The zero-order valence-corrected chi connectivity index (χ0v) is 18.4. The van der Waals surface area contributed by atoms with Crippen LogP contribution in [0.1, 0.15) is 10.4 Å². The molecule has 3 rings (SSSR count). The fourth-order valence-corrected chi connectivity index (χ4v) is 4.01. The summed E-state index contributed by atoms with van der Waals surface area (Å²) in [6.45, 7) is -0.150. The number of methoxy groups -OCH3 is 1. The second kappa shape index (κ2) is 9.97. The fourth-order valence-electron chi connectivity index (χ4n) is 2.94. The Morgan fingerprint density at radius 3 is 2.19 bits per heavy atom. The number of benzene rings is 3. The van der Waals surface area contributed by atoms with Gasteiger partial charge >= 0.3 is 0 Å². The molecule has 0 aliphatic heterocycles. The summed E-state index contributed by atoms with van der Waals surface area (Å²) in [6.07, 6.45) is 0. The number of sulfonamides is 1. The second-order valence-electron chi connectivity index (χ2n) is 6.91. The number of likely N-dealkylation sites (N-methyl/N-ethyl adjacent to an activating group) is 1. The SMILES string of the molecule is COc1ccccc1NS(=O)(=O)c1ccc(C(=O)N(C)CC(=O)Nc2ccccc2)cc1. The van der Waals surface area contributed by atoms with Crippen LogP contribution >= 0.6 is 0 Å². The van der Waals surface area contributed by atoms with Gasteiger partial charge < -0.3 is 15.0 Å². The molecule has 0 saturated heterocycles. The summed E-state index contributed by atoms with van der Waals surface area (Å²) in [7, 11) is -0.932. The maximum absolute atomic E-state index is 12.7. The van der Waals surface area contributed by atoms with Gasteiger partial charge in [-0.1, -0.05) is 30.3 Å². The first-order valence-electron chi connectivity index (χ1n) is 9.66. The number of carbonyl (C=O) groups is 2. The Hall–Kier alpha value is -3.85. The minimum Gasteiger partial charge on any atom is -0.495 e. The number of nitrogens with one attached hydrogen (secondary N) is 2. The highest BCUT2D eigenvalue weighted by Gasteiger charge is 2.19. The summed E-state index contributed by atoms with van der Waals surface area (Å²) < 4.78 is 33.0. The van der Waals surface area contributed by atoms with Gasteiger partial charge in [-0.25, -0.2) is 8.42 Å². The molecule has 9 heteroatoms. The number of amides is 2. The van der Waals surface area contributed by atoms with Gasteiger partial charge in [-0.15, -0.1) is 0 Å². The van der Waals surface area contributed by atoms with Crippen molar-refractivity contribution in [1.82, 2.24) is 4.90 Å². The number of rotatable bonds is 8. The molecule has 0 heterocycles. The Labute approximate surface area is 186 Å². The smallest absolute Gasteiger partial charge is 0.262 e. The predicted molar refractivity (Wildman–Crippen MR) is 122 cm³/mol. The van der Waals surface area contributed by atoms with Crippen molar-refractivity contribution >= 4 is 33.2 Å². The van der Waals surface area contributed by atoms with Crippen LogP contribution in [0.4, 0.5) is 11.4 Å². The van der Waals surface area contributed by atoms with Crippen molar-refractivity contribution in [2.24, 2.45) is 0 Å². The van der Waals surface area contributed by atoms with Gasteiger partial charge in [-0.3, -0.25) is 14.3 Å². The van der Waals surface area contributed by atoms with Crippen molar-refractivity contribution in [2.45, 2.75) is 4.90 Å². The maximum Gasteiger partial charge on any atom is 0.262 e. The average molecular weight is 454 g/mol. The Morgan fingerprint density at radius 1 is 0.906 bits per heavy atom. The van der Waals surface area contributed by atoms with Gasteiger partial charge in [0.2, 0.25) is 5.91 Å². The van der Waals surface area contributed by atoms with Gasteiger partial charge in [-0.05, 0) is 48.5 Å². The minimum absolute atomic E-state index is 0.00979. The van der Waals surface area contributed by atoms with Crippen LogP contribution in [-0.4, -0.2) is 45.8 Å². The first kappa shape index (κ1) is 22.8.